The van der Waals surface area contributed by atoms with Gasteiger partial charge >= 0.3 is 0 Å². The van der Waals surface area contributed by atoms with Gasteiger partial charge in [-0.05, 0) is 80.8 Å². The van der Waals surface area contributed by atoms with E-state index < -0.39 is 11.6 Å². The Labute approximate surface area is 151 Å². The number of halogens is 2. The highest BCUT2D eigenvalue weighted by Crippen LogP contribution is 2.41. The van der Waals surface area contributed by atoms with Gasteiger partial charge in [-0.3, -0.25) is 0 Å². The van der Waals surface area contributed by atoms with Gasteiger partial charge in [0.25, 0.3) is 0 Å². The lowest BCUT2D eigenvalue weighted by Crippen LogP contribution is -2.22. The van der Waals surface area contributed by atoms with E-state index in [0.717, 1.165) is 42.6 Å². The zero-order valence-electron chi connectivity index (χ0n) is 15.3. The van der Waals surface area contributed by atoms with Gasteiger partial charge in [-0.15, -0.1) is 0 Å². The first-order valence-electron chi connectivity index (χ1n) is 9.99. The first-order valence-corrected chi connectivity index (χ1v) is 9.99. The quantitative estimate of drug-likeness (QED) is 0.491. The molecule has 1 aromatic rings. The fourth-order valence-electron chi connectivity index (χ4n) is 4.54. The van der Waals surface area contributed by atoms with Gasteiger partial charge in [-0.2, -0.15) is 0 Å². The second kappa shape index (κ2) is 8.78. The van der Waals surface area contributed by atoms with Crippen LogP contribution in [-0.4, -0.2) is 0 Å². The van der Waals surface area contributed by atoms with Crippen LogP contribution in [0.3, 0.4) is 0 Å². The van der Waals surface area contributed by atoms with Gasteiger partial charge in [0.2, 0.25) is 0 Å². The van der Waals surface area contributed by atoms with Gasteiger partial charge in [0.05, 0.1) is 0 Å². The Balaban J connectivity index is 1.54. The van der Waals surface area contributed by atoms with Gasteiger partial charge in [0.15, 0.2) is 11.6 Å². The summed E-state index contributed by atoms with van der Waals surface area (Å²) in [5.74, 6) is 0.882. The number of unbranched alkanes of at least 4 members (excludes halogenated alkanes) is 1. The van der Waals surface area contributed by atoms with Crippen molar-refractivity contribution in [3.05, 3.63) is 53.6 Å². The van der Waals surface area contributed by atoms with Crippen LogP contribution < -0.4 is 0 Å². The molecule has 0 aromatic heterocycles. The van der Waals surface area contributed by atoms with Crippen LogP contribution in [0.2, 0.25) is 0 Å². The molecule has 2 heteroatoms. The van der Waals surface area contributed by atoms with Crippen LogP contribution in [0.1, 0.15) is 70.3 Å². The molecule has 0 spiro atoms. The summed E-state index contributed by atoms with van der Waals surface area (Å²) in [7, 11) is 0. The zero-order chi connectivity index (χ0) is 17.6. The van der Waals surface area contributed by atoms with E-state index in [0.29, 0.717) is 5.56 Å². The van der Waals surface area contributed by atoms with Gasteiger partial charge in [0.1, 0.15) is 0 Å². The first-order chi connectivity index (χ1) is 12.2. The molecule has 0 radical (unpaired) electrons. The number of benzene rings is 1. The van der Waals surface area contributed by atoms with Crippen LogP contribution >= 0.6 is 0 Å². The molecule has 0 amide bonds. The Morgan fingerprint density at radius 3 is 2.52 bits per heavy atom. The second-order valence-electron chi connectivity index (χ2n) is 7.76. The third-order valence-corrected chi connectivity index (χ3v) is 6.10. The molecule has 0 N–H and O–H groups in total. The molecule has 136 valence electrons. The summed E-state index contributed by atoms with van der Waals surface area (Å²) in [6.45, 7) is 2.22. The highest BCUT2D eigenvalue weighted by molar-refractivity contribution is 5.66. The average molecular weight is 344 g/mol. The minimum Gasteiger partial charge on any atom is -0.204 e. The Morgan fingerprint density at radius 2 is 1.84 bits per heavy atom. The van der Waals surface area contributed by atoms with Gasteiger partial charge in [0, 0.05) is 5.56 Å². The minimum atomic E-state index is -0.741. The molecule has 0 nitrogen and oxygen atoms in total. The minimum absolute atomic E-state index is 0.461. The molecule has 0 saturated heterocycles. The molecule has 1 unspecified atom stereocenters. The normalized spacial score (nSPS) is 27.5. The van der Waals surface area contributed by atoms with Crippen molar-refractivity contribution in [3.8, 4) is 0 Å². The summed E-state index contributed by atoms with van der Waals surface area (Å²) in [6, 6.07) is 4.50. The predicted octanol–water partition coefficient (Wildman–Crippen LogP) is 7.31. The summed E-state index contributed by atoms with van der Waals surface area (Å²) in [5.41, 5.74) is 1.45. The molecular weight excluding hydrogens is 314 g/mol. The molecule has 1 fully saturated rings. The van der Waals surface area contributed by atoms with Crippen molar-refractivity contribution in [1.82, 2.24) is 0 Å². The van der Waals surface area contributed by atoms with Crippen molar-refractivity contribution >= 4 is 5.57 Å². The number of allylic oxidation sites excluding steroid dienone is 4. The van der Waals surface area contributed by atoms with Crippen molar-refractivity contribution in [2.24, 2.45) is 17.8 Å². The maximum Gasteiger partial charge on any atom is 0.166 e. The Bertz CT molecular complexity index is 621. The number of hydrogen-bond acceptors (Lipinski definition) is 0. The van der Waals surface area contributed by atoms with Crippen molar-refractivity contribution in [3.63, 3.8) is 0 Å². The van der Waals surface area contributed by atoms with Gasteiger partial charge in [-0.25, -0.2) is 8.78 Å². The van der Waals surface area contributed by atoms with Crippen LogP contribution in [0.4, 0.5) is 8.78 Å². The lowest BCUT2D eigenvalue weighted by molar-refractivity contribution is 0.212. The van der Waals surface area contributed by atoms with E-state index in [1.165, 1.54) is 44.6 Å². The highest BCUT2D eigenvalue weighted by atomic mass is 19.2. The molecule has 1 atom stereocenters. The predicted molar refractivity (Wildman–Crippen MR) is 101 cm³/mol. The van der Waals surface area contributed by atoms with Crippen molar-refractivity contribution in [2.45, 2.75) is 64.7 Å². The summed E-state index contributed by atoms with van der Waals surface area (Å²) < 4.78 is 27.4. The topological polar surface area (TPSA) is 0 Å². The summed E-state index contributed by atoms with van der Waals surface area (Å²) in [5, 5.41) is 0. The van der Waals surface area contributed by atoms with E-state index in [9.17, 15) is 8.78 Å². The molecule has 0 aliphatic heterocycles. The van der Waals surface area contributed by atoms with Gasteiger partial charge < -0.3 is 0 Å². The second-order valence-corrected chi connectivity index (χ2v) is 7.76. The van der Waals surface area contributed by atoms with Crippen LogP contribution in [0.25, 0.3) is 5.57 Å². The molecule has 3 rings (SSSR count). The zero-order valence-corrected chi connectivity index (χ0v) is 15.3. The lowest BCUT2D eigenvalue weighted by Gasteiger charge is -2.35. The van der Waals surface area contributed by atoms with Crippen molar-refractivity contribution in [1.29, 1.82) is 0 Å². The number of rotatable bonds is 5. The Kier molecular flexibility index (Phi) is 6.45. The largest absolute Gasteiger partial charge is 0.204 e. The third kappa shape index (κ3) is 4.59. The molecule has 2 aliphatic rings. The van der Waals surface area contributed by atoms with Gasteiger partial charge in [-0.1, -0.05) is 43.7 Å². The van der Waals surface area contributed by atoms with Crippen molar-refractivity contribution < 1.29 is 8.78 Å². The summed E-state index contributed by atoms with van der Waals surface area (Å²) >= 11 is 0. The van der Waals surface area contributed by atoms with Crippen molar-refractivity contribution in [2.75, 3.05) is 0 Å². The number of hydrogen-bond donors (Lipinski definition) is 0. The standard InChI is InChI=1S/C23H30F2/c1-2-3-4-6-17-9-11-18(12-10-17)19-13-15-20(16-14-19)21-7-5-8-22(24)23(21)25/h4-8,15,17-19H,2-3,9-14,16H2,1H3. The van der Waals surface area contributed by atoms with Crippen LogP contribution in [0.15, 0.2) is 36.4 Å². The molecule has 2 aliphatic carbocycles. The van der Waals surface area contributed by atoms with E-state index in [4.69, 9.17) is 0 Å². The molecule has 0 bridgehead atoms. The summed E-state index contributed by atoms with van der Waals surface area (Å²) in [6.07, 6.45) is 17.7. The SMILES string of the molecule is CCCC=CC1CCC(C2CC=C(c3cccc(F)c3F)CC2)CC1. The third-order valence-electron chi connectivity index (χ3n) is 6.10. The van der Waals surface area contributed by atoms with E-state index in [1.807, 2.05) is 0 Å². The summed E-state index contributed by atoms with van der Waals surface area (Å²) in [4.78, 5) is 0. The fourth-order valence-corrected chi connectivity index (χ4v) is 4.54. The molecule has 1 aromatic carbocycles. The Morgan fingerprint density at radius 1 is 1.04 bits per heavy atom. The first kappa shape index (κ1) is 18.4. The molecule has 25 heavy (non-hydrogen) atoms. The fraction of sp³-hybridized carbons (Fsp3) is 0.565. The van der Waals surface area contributed by atoms with Crippen LogP contribution in [-0.2, 0) is 0 Å². The maximum absolute atomic E-state index is 14.0. The molecule has 1 saturated carbocycles. The van der Waals surface area contributed by atoms with E-state index in [2.05, 4.69) is 25.2 Å². The smallest absolute Gasteiger partial charge is 0.166 e. The lowest BCUT2D eigenvalue weighted by atomic mass is 9.71. The highest BCUT2D eigenvalue weighted by Gasteiger charge is 2.28. The maximum atomic E-state index is 14.0. The van der Waals surface area contributed by atoms with E-state index in [-0.39, 0.29) is 0 Å². The monoisotopic (exact) mass is 344 g/mol. The molecule has 0 heterocycles. The van der Waals surface area contributed by atoms with E-state index in [1.54, 1.807) is 12.1 Å². The van der Waals surface area contributed by atoms with E-state index >= 15 is 0 Å². The van der Waals surface area contributed by atoms with Crippen LogP contribution in [0.5, 0.6) is 0 Å². The average Bonchev–Trinajstić information content (AvgIpc) is 2.65. The molecular formula is C23H30F2. The van der Waals surface area contributed by atoms with Crippen LogP contribution in [0, 0.1) is 29.4 Å². The Hall–Kier alpha value is -1.44.